The molecule has 0 atom stereocenters. The van der Waals surface area contributed by atoms with Crippen LogP contribution in [0.3, 0.4) is 0 Å². The third-order valence-corrected chi connectivity index (χ3v) is 3.80. The molecule has 0 bridgehead atoms. The van der Waals surface area contributed by atoms with E-state index in [4.69, 9.17) is 11.6 Å². The molecule has 0 radical (unpaired) electrons. The van der Waals surface area contributed by atoms with Crippen LogP contribution in [0.1, 0.15) is 15.9 Å². The number of ketones is 1. The Labute approximate surface area is 127 Å². The molecule has 0 unspecified atom stereocenters. The van der Waals surface area contributed by atoms with Crippen molar-refractivity contribution in [2.75, 3.05) is 0 Å². The van der Waals surface area contributed by atoms with Gasteiger partial charge in [-0.3, -0.25) is 4.79 Å². The van der Waals surface area contributed by atoms with Gasteiger partial charge in [0.2, 0.25) is 0 Å². The smallest absolute Gasteiger partial charge is 0.167 e. The molecule has 0 amide bonds. The molecule has 21 heavy (non-hydrogen) atoms. The predicted molar refractivity (Wildman–Crippen MR) is 83.4 cm³/mol. The lowest BCUT2D eigenvalue weighted by molar-refractivity contribution is 0.0993. The van der Waals surface area contributed by atoms with Crippen molar-refractivity contribution < 1.29 is 9.18 Å². The Balaban J connectivity index is 1.91. The fraction of sp³-hybridized carbons (Fsp3) is 0.0556. The minimum absolute atomic E-state index is 0.0757. The molecule has 0 saturated carbocycles. The van der Waals surface area contributed by atoms with Gasteiger partial charge in [0, 0.05) is 17.0 Å². The first-order chi connectivity index (χ1) is 10.1. The van der Waals surface area contributed by atoms with Gasteiger partial charge in [0.1, 0.15) is 5.82 Å². The summed E-state index contributed by atoms with van der Waals surface area (Å²) >= 11 is 6.00. The fourth-order valence-electron chi connectivity index (χ4n) is 2.32. The van der Waals surface area contributed by atoms with Crippen LogP contribution in [0.5, 0.6) is 0 Å². The summed E-state index contributed by atoms with van der Waals surface area (Å²) in [5, 5.41) is 2.50. The number of fused-ring (bicyclic) bond motifs is 1. The van der Waals surface area contributed by atoms with Gasteiger partial charge in [-0.05, 0) is 40.6 Å². The average molecular weight is 299 g/mol. The van der Waals surface area contributed by atoms with Crippen molar-refractivity contribution in [2.45, 2.75) is 6.42 Å². The molecule has 3 aromatic carbocycles. The number of halogens is 2. The lowest BCUT2D eigenvalue weighted by Crippen LogP contribution is -2.04. The first-order valence-electron chi connectivity index (χ1n) is 6.59. The summed E-state index contributed by atoms with van der Waals surface area (Å²) in [7, 11) is 0. The maximum Gasteiger partial charge on any atom is 0.167 e. The van der Waals surface area contributed by atoms with E-state index < -0.39 is 0 Å². The van der Waals surface area contributed by atoms with Gasteiger partial charge < -0.3 is 0 Å². The second-order valence-electron chi connectivity index (χ2n) is 4.90. The Morgan fingerprint density at radius 2 is 1.71 bits per heavy atom. The summed E-state index contributed by atoms with van der Waals surface area (Å²) in [6, 6.07) is 17.5. The largest absolute Gasteiger partial charge is 0.294 e. The zero-order valence-corrected chi connectivity index (χ0v) is 11.9. The number of Topliss-reactive ketones (excluding diaryl/α,β-unsaturated/α-hetero) is 1. The first kappa shape index (κ1) is 13.8. The summed E-state index contributed by atoms with van der Waals surface area (Å²) in [6.45, 7) is 0. The van der Waals surface area contributed by atoms with E-state index in [1.165, 1.54) is 18.2 Å². The summed E-state index contributed by atoms with van der Waals surface area (Å²) in [4.78, 5) is 12.3. The van der Waals surface area contributed by atoms with Crippen LogP contribution < -0.4 is 0 Å². The lowest BCUT2D eigenvalue weighted by Gasteiger charge is -2.05. The monoisotopic (exact) mass is 298 g/mol. The number of hydrogen-bond donors (Lipinski definition) is 0. The van der Waals surface area contributed by atoms with E-state index in [1.807, 2.05) is 36.4 Å². The number of carbonyl (C=O) groups is 1. The van der Waals surface area contributed by atoms with Crippen molar-refractivity contribution in [1.82, 2.24) is 0 Å². The summed E-state index contributed by atoms with van der Waals surface area (Å²) in [5.74, 6) is -0.464. The van der Waals surface area contributed by atoms with Crippen LogP contribution in [-0.4, -0.2) is 5.78 Å². The van der Waals surface area contributed by atoms with E-state index in [2.05, 4.69) is 0 Å². The maximum absolute atomic E-state index is 13.2. The highest BCUT2D eigenvalue weighted by Gasteiger charge is 2.11. The Morgan fingerprint density at radius 3 is 2.52 bits per heavy atom. The number of hydrogen-bond acceptors (Lipinski definition) is 1. The summed E-state index contributed by atoms with van der Waals surface area (Å²) < 4.78 is 13.2. The lowest BCUT2D eigenvalue weighted by atomic mass is 10.00. The first-order valence-corrected chi connectivity index (χ1v) is 6.97. The molecule has 1 nitrogen and oxygen atoms in total. The van der Waals surface area contributed by atoms with Crippen LogP contribution in [0.2, 0.25) is 5.02 Å². The van der Waals surface area contributed by atoms with Crippen molar-refractivity contribution in [3.63, 3.8) is 0 Å². The van der Waals surface area contributed by atoms with Gasteiger partial charge in [0.25, 0.3) is 0 Å². The van der Waals surface area contributed by atoms with Gasteiger partial charge in [-0.2, -0.15) is 0 Å². The molecule has 0 heterocycles. The minimum atomic E-state index is -0.388. The summed E-state index contributed by atoms with van der Waals surface area (Å²) in [6.07, 6.45) is 0.0922. The Bertz CT molecular complexity index is 826. The molecule has 3 aromatic rings. The highest BCUT2D eigenvalue weighted by molar-refractivity contribution is 6.31. The average Bonchev–Trinajstić information content (AvgIpc) is 2.50. The quantitative estimate of drug-likeness (QED) is 0.618. The van der Waals surface area contributed by atoms with Gasteiger partial charge in [0.05, 0.1) is 0 Å². The molecular weight excluding hydrogens is 287 g/mol. The zero-order valence-electron chi connectivity index (χ0n) is 11.1. The van der Waals surface area contributed by atoms with E-state index >= 15 is 0 Å². The van der Waals surface area contributed by atoms with Crippen LogP contribution >= 0.6 is 11.6 Å². The van der Waals surface area contributed by atoms with Crippen molar-refractivity contribution >= 4 is 28.2 Å². The maximum atomic E-state index is 13.2. The van der Waals surface area contributed by atoms with Crippen molar-refractivity contribution in [1.29, 1.82) is 0 Å². The molecule has 0 aliphatic rings. The molecule has 0 aliphatic heterocycles. The Kier molecular flexibility index (Phi) is 3.72. The predicted octanol–water partition coefficient (Wildman–Crippen LogP) is 5.06. The van der Waals surface area contributed by atoms with E-state index in [-0.39, 0.29) is 18.0 Å². The number of rotatable bonds is 3. The molecule has 0 spiro atoms. The van der Waals surface area contributed by atoms with Crippen LogP contribution in [0, 0.1) is 5.82 Å². The summed E-state index contributed by atoms with van der Waals surface area (Å²) in [5.41, 5.74) is 1.11. The highest BCUT2D eigenvalue weighted by Crippen LogP contribution is 2.21. The van der Waals surface area contributed by atoms with Gasteiger partial charge in [-0.25, -0.2) is 4.39 Å². The second-order valence-corrected chi connectivity index (χ2v) is 5.30. The standard InChI is InChI=1S/C18H12ClFO/c19-17-8-7-16(20)10-15(17)11-18(21)14-6-5-12-3-1-2-4-13(12)9-14/h1-10H,11H2. The Morgan fingerprint density at radius 1 is 0.952 bits per heavy atom. The van der Waals surface area contributed by atoms with Crippen molar-refractivity contribution in [3.8, 4) is 0 Å². The van der Waals surface area contributed by atoms with Gasteiger partial charge >= 0.3 is 0 Å². The van der Waals surface area contributed by atoms with Crippen LogP contribution in [0.4, 0.5) is 4.39 Å². The fourth-order valence-corrected chi connectivity index (χ4v) is 2.50. The molecule has 0 saturated heterocycles. The molecule has 0 N–H and O–H groups in total. The van der Waals surface area contributed by atoms with Gasteiger partial charge in [-0.15, -0.1) is 0 Å². The molecule has 3 rings (SSSR count). The zero-order chi connectivity index (χ0) is 14.8. The SMILES string of the molecule is O=C(Cc1cc(F)ccc1Cl)c1ccc2ccccc2c1. The molecule has 0 aromatic heterocycles. The van der Waals surface area contributed by atoms with Gasteiger partial charge in [0.15, 0.2) is 5.78 Å². The molecule has 3 heteroatoms. The third-order valence-electron chi connectivity index (χ3n) is 3.43. The molecule has 0 fully saturated rings. The van der Waals surface area contributed by atoms with Crippen LogP contribution in [-0.2, 0) is 6.42 Å². The van der Waals surface area contributed by atoms with E-state index in [0.717, 1.165) is 10.8 Å². The van der Waals surface area contributed by atoms with E-state index in [9.17, 15) is 9.18 Å². The van der Waals surface area contributed by atoms with Crippen molar-refractivity contribution in [3.05, 3.63) is 82.6 Å². The molecule has 104 valence electrons. The van der Waals surface area contributed by atoms with Crippen LogP contribution in [0.25, 0.3) is 10.8 Å². The van der Waals surface area contributed by atoms with E-state index in [0.29, 0.717) is 16.1 Å². The van der Waals surface area contributed by atoms with E-state index in [1.54, 1.807) is 6.07 Å². The third kappa shape index (κ3) is 2.96. The highest BCUT2D eigenvalue weighted by atomic mass is 35.5. The van der Waals surface area contributed by atoms with Crippen molar-refractivity contribution in [2.24, 2.45) is 0 Å². The minimum Gasteiger partial charge on any atom is -0.294 e. The normalized spacial score (nSPS) is 10.8. The topological polar surface area (TPSA) is 17.1 Å². The number of carbonyl (C=O) groups excluding carboxylic acids is 1. The number of benzene rings is 3. The molecule has 0 aliphatic carbocycles. The van der Waals surface area contributed by atoms with Gasteiger partial charge in [-0.1, -0.05) is 48.0 Å². The second kappa shape index (κ2) is 5.66. The van der Waals surface area contributed by atoms with Crippen LogP contribution in [0.15, 0.2) is 60.7 Å². The Hall–Kier alpha value is -2.19. The molecular formula is C18H12ClFO.